The van der Waals surface area contributed by atoms with E-state index in [2.05, 4.69) is 15.9 Å². The van der Waals surface area contributed by atoms with Gasteiger partial charge in [0.25, 0.3) is 0 Å². The third-order valence-corrected chi connectivity index (χ3v) is 4.57. The van der Waals surface area contributed by atoms with Crippen molar-refractivity contribution < 1.29 is 9.84 Å². The molecule has 2 nitrogen and oxygen atoms in total. The molecule has 0 bridgehead atoms. The van der Waals surface area contributed by atoms with Crippen LogP contribution in [-0.4, -0.2) is 18.5 Å². The van der Waals surface area contributed by atoms with Gasteiger partial charge in [0.2, 0.25) is 0 Å². The van der Waals surface area contributed by atoms with E-state index >= 15 is 0 Å². The monoisotopic (exact) mass is 352 g/mol. The molecule has 1 unspecified atom stereocenters. The molecule has 2 aromatic carbocycles. The summed E-state index contributed by atoms with van der Waals surface area (Å²) in [5.41, 5.74) is 2.05. The number of aliphatic hydroxyl groups excluding tert-OH is 1. The standard InChI is InChI=1S/C16H17BrO2S/c1-19-15-8-7-11(9-13(15)17)10-14(18)12-5-3-4-6-16(12)20-2/h3-9,14,18H,10H2,1-2H3. The molecule has 0 radical (unpaired) electrons. The van der Waals surface area contributed by atoms with Crippen LogP contribution in [-0.2, 0) is 6.42 Å². The number of hydrogen-bond donors (Lipinski definition) is 1. The van der Waals surface area contributed by atoms with Crippen molar-refractivity contribution in [3.63, 3.8) is 0 Å². The molecule has 1 atom stereocenters. The molecular weight excluding hydrogens is 336 g/mol. The molecule has 0 aromatic heterocycles. The molecule has 0 aliphatic carbocycles. The van der Waals surface area contributed by atoms with Crippen molar-refractivity contribution in [3.8, 4) is 5.75 Å². The van der Waals surface area contributed by atoms with Crippen LogP contribution in [0.3, 0.4) is 0 Å². The maximum absolute atomic E-state index is 10.4. The number of hydrogen-bond acceptors (Lipinski definition) is 3. The maximum atomic E-state index is 10.4. The third-order valence-electron chi connectivity index (χ3n) is 3.14. The topological polar surface area (TPSA) is 29.5 Å². The highest BCUT2D eigenvalue weighted by molar-refractivity contribution is 9.10. The van der Waals surface area contributed by atoms with Gasteiger partial charge in [-0.3, -0.25) is 0 Å². The van der Waals surface area contributed by atoms with Crippen molar-refractivity contribution >= 4 is 27.7 Å². The van der Waals surface area contributed by atoms with Gasteiger partial charge in [0.1, 0.15) is 5.75 Å². The Hall–Kier alpha value is -0.970. The summed E-state index contributed by atoms with van der Waals surface area (Å²) in [6.07, 6.45) is 2.11. The fourth-order valence-corrected chi connectivity index (χ4v) is 3.35. The van der Waals surface area contributed by atoms with E-state index in [-0.39, 0.29) is 0 Å². The third kappa shape index (κ3) is 3.57. The maximum Gasteiger partial charge on any atom is 0.133 e. The molecule has 0 heterocycles. The molecule has 2 rings (SSSR count). The minimum Gasteiger partial charge on any atom is -0.496 e. The number of thioether (sulfide) groups is 1. The summed E-state index contributed by atoms with van der Waals surface area (Å²) >= 11 is 5.13. The zero-order chi connectivity index (χ0) is 14.5. The van der Waals surface area contributed by atoms with Crippen LogP contribution in [0.5, 0.6) is 5.75 Å². The number of methoxy groups -OCH3 is 1. The Bertz CT molecular complexity index is 586. The van der Waals surface area contributed by atoms with Crippen molar-refractivity contribution in [1.29, 1.82) is 0 Å². The average Bonchev–Trinajstić information content (AvgIpc) is 2.47. The summed E-state index contributed by atoms with van der Waals surface area (Å²) in [5.74, 6) is 0.799. The van der Waals surface area contributed by atoms with Crippen LogP contribution in [0.4, 0.5) is 0 Å². The highest BCUT2D eigenvalue weighted by Gasteiger charge is 2.13. The van der Waals surface area contributed by atoms with Gasteiger partial charge in [-0.1, -0.05) is 24.3 Å². The molecule has 0 aliphatic heterocycles. The quantitative estimate of drug-likeness (QED) is 0.805. The van der Waals surface area contributed by atoms with E-state index in [4.69, 9.17) is 4.74 Å². The lowest BCUT2D eigenvalue weighted by Gasteiger charge is -2.15. The van der Waals surface area contributed by atoms with E-state index in [1.165, 1.54) is 0 Å². The number of halogens is 1. The van der Waals surface area contributed by atoms with Gasteiger partial charge in [-0.15, -0.1) is 11.8 Å². The molecule has 106 valence electrons. The van der Waals surface area contributed by atoms with Gasteiger partial charge in [-0.25, -0.2) is 0 Å². The highest BCUT2D eigenvalue weighted by atomic mass is 79.9. The summed E-state index contributed by atoms with van der Waals surface area (Å²) < 4.78 is 6.12. The molecule has 4 heteroatoms. The van der Waals surface area contributed by atoms with E-state index in [0.29, 0.717) is 6.42 Å². The van der Waals surface area contributed by atoms with Crippen LogP contribution in [0.1, 0.15) is 17.2 Å². The first-order valence-corrected chi connectivity index (χ1v) is 8.31. The summed E-state index contributed by atoms with van der Waals surface area (Å²) in [7, 11) is 1.64. The average molecular weight is 353 g/mol. The second-order valence-electron chi connectivity index (χ2n) is 4.43. The first kappa shape index (κ1) is 15.4. The Morgan fingerprint density at radius 3 is 2.65 bits per heavy atom. The van der Waals surface area contributed by atoms with E-state index in [9.17, 15) is 5.11 Å². The molecule has 0 saturated heterocycles. The van der Waals surface area contributed by atoms with Crippen LogP contribution >= 0.6 is 27.7 Å². The number of rotatable bonds is 5. The number of ether oxygens (including phenoxy) is 1. The minimum atomic E-state index is -0.501. The number of aliphatic hydroxyl groups is 1. The Kier molecular flexibility index (Phi) is 5.52. The van der Waals surface area contributed by atoms with Crippen LogP contribution in [0.15, 0.2) is 51.8 Å². The molecule has 0 amide bonds. The van der Waals surface area contributed by atoms with Crippen molar-refractivity contribution in [2.24, 2.45) is 0 Å². The zero-order valence-electron chi connectivity index (χ0n) is 11.5. The Labute approximate surface area is 132 Å². The largest absolute Gasteiger partial charge is 0.496 e. The predicted molar refractivity (Wildman–Crippen MR) is 87.6 cm³/mol. The second-order valence-corrected chi connectivity index (χ2v) is 6.13. The van der Waals surface area contributed by atoms with Crippen LogP contribution < -0.4 is 4.74 Å². The lowest BCUT2D eigenvalue weighted by Crippen LogP contribution is -2.03. The van der Waals surface area contributed by atoms with Gasteiger partial charge in [0.15, 0.2) is 0 Å². The molecule has 1 N–H and O–H groups in total. The van der Waals surface area contributed by atoms with Gasteiger partial charge in [0, 0.05) is 11.3 Å². The molecule has 0 spiro atoms. The van der Waals surface area contributed by atoms with E-state index in [1.807, 2.05) is 48.7 Å². The summed E-state index contributed by atoms with van der Waals surface area (Å²) in [4.78, 5) is 1.12. The SMILES string of the molecule is COc1ccc(CC(O)c2ccccc2SC)cc1Br. The van der Waals surface area contributed by atoms with Crippen molar-refractivity contribution in [2.45, 2.75) is 17.4 Å². The zero-order valence-corrected chi connectivity index (χ0v) is 13.9. The second kappa shape index (κ2) is 7.16. The lowest BCUT2D eigenvalue weighted by atomic mass is 10.0. The Morgan fingerprint density at radius 1 is 1.25 bits per heavy atom. The van der Waals surface area contributed by atoms with Crippen LogP contribution in [0, 0.1) is 0 Å². The molecular formula is C16H17BrO2S. The van der Waals surface area contributed by atoms with Gasteiger partial charge in [-0.2, -0.15) is 0 Å². The predicted octanol–water partition coefficient (Wildman–Crippen LogP) is 4.46. The minimum absolute atomic E-state index is 0.501. The van der Waals surface area contributed by atoms with Crippen LogP contribution in [0.25, 0.3) is 0 Å². The first-order valence-electron chi connectivity index (χ1n) is 6.29. The summed E-state index contributed by atoms with van der Waals surface area (Å²) in [5, 5.41) is 10.4. The number of benzene rings is 2. The van der Waals surface area contributed by atoms with Gasteiger partial charge in [-0.05, 0) is 51.5 Å². The lowest BCUT2D eigenvalue weighted by molar-refractivity contribution is 0.175. The molecule has 2 aromatic rings. The van der Waals surface area contributed by atoms with E-state index in [0.717, 1.165) is 26.2 Å². The fourth-order valence-electron chi connectivity index (χ4n) is 2.11. The van der Waals surface area contributed by atoms with Crippen molar-refractivity contribution in [2.75, 3.05) is 13.4 Å². The van der Waals surface area contributed by atoms with Crippen molar-refractivity contribution in [1.82, 2.24) is 0 Å². The summed E-state index contributed by atoms with van der Waals surface area (Å²) in [6.45, 7) is 0. The Morgan fingerprint density at radius 2 is 2.00 bits per heavy atom. The van der Waals surface area contributed by atoms with Gasteiger partial charge < -0.3 is 9.84 Å². The fraction of sp³-hybridized carbons (Fsp3) is 0.250. The van der Waals surface area contributed by atoms with E-state index in [1.54, 1.807) is 18.9 Å². The molecule has 0 saturated carbocycles. The van der Waals surface area contributed by atoms with E-state index < -0.39 is 6.10 Å². The molecule has 20 heavy (non-hydrogen) atoms. The van der Waals surface area contributed by atoms with Crippen molar-refractivity contribution in [3.05, 3.63) is 58.1 Å². The molecule has 0 fully saturated rings. The first-order chi connectivity index (χ1) is 9.65. The Balaban J connectivity index is 2.19. The normalized spacial score (nSPS) is 12.2. The van der Waals surface area contributed by atoms with Gasteiger partial charge >= 0.3 is 0 Å². The highest BCUT2D eigenvalue weighted by Crippen LogP contribution is 2.30. The summed E-state index contributed by atoms with van der Waals surface area (Å²) in [6, 6.07) is 13.8. The van der Waals surface area contributed by atoms with Crippen LogP contribution in [0.2, 0.25) is 0 Å². The van der Waals surface area contributed by atoms with Gasteiger partial charge in [0.05, 0.1) is 17.7 Å². The molecule has 0 aliphatic rings. The smallest absolute Gasteiger partial charge is 0.133 e.